The van der Waals surface area contributed by atoms with Gasteiger partial charge in [0.15, 0.2) is 0 Å². The lowest BCUT2D eigenvalue weighted by atomic mass is 10.0. The third-order valence-corrected chi connectivity index (χ3v) is 7.89. The van der Waals surface area contributed by atoms with Crippen LogP contribution in [0.4, 0.5) is 24.5 Å². The first-order valence-corrected chi connectivity index (χ1v) is 13.0. The number of nitrogens with zero attached hydrogens (tertiary/aromatic N) is 5. The number of fused-ring (bicyclic) bond motifs is 2. The Bertz CT molecular complexity index is 1440. The van der Waals surface area contributed by atoms with Gasteiger partial charge in [0.1, 0.15) is 5.75 Å². The number of piperazine rings is 1. The maximum atomic E-state index is 13.1. The van der Waals surface area contributed by atoms with Crippen molar-refractivity contribution in [2.45, 2.75) is 25.1 Å². The van der Waals surface area contributed by atoms with E-state index >= 15 is 0 Å². The number of benzene rings is 2. The molecule has 6 nitrogen and oxygen atoms in total. The second-order valence-corrected chi connectivity index (χ2v) is 10.0. The van der Waals surface area contributed by atoms with Crippen LogP contribution in [0.25, 0.3) is 21.8 Å². The Morgan fingerprint density at radius 3 is 2.21 bits per heavy atom. The molecular weight excluding hydrogens is 491 g/mol. The van der Waals surface area contributed by atoms with Gasteiger partial charge < -0.3 is 14.5 Å². The van der Waals surface area contributed by atoms with Crippen molar-refractivity contribution in [3.05, 3.63) is 66.5 Å². The van der Waals surface area contributed by atoms with Crippen molar-refractivity contribution in [2.24, 2.45) is 0 Å². The molecule has 0 unspecified atom stereocenters. The molecule has 0 atom stereocenters. The average molecular weight is 522 g/mol. The fourth-order valence-corrected chi connectivity index (χ4v) is 5.86. The molecule has 0 radical (unpaired) electrons. The molecule has 0 bridgehead atoms. The van der Waals surface area contributed by atoms with Gasteiger partial charge in [-0.05, 0) is 37.1 Å². The first-order valence-electron chi connectivity index (χ1n) is 13.0. The zero-order valence-electron chi connectivity index (χ0n) is 21.3. The van der Waals surface area contributed by atoms with Gasteiger partial charge in [0, 0.05) is 74.5 Å². The van der Waals surface area contributed by atoms with E-state index in [0.29, 0.717) is 16.9 Å². The number of methoxy groups -OCH3 is 1. The first kappa shape index (κ1) is 24.7. The lowest BCUT2D eigenvalue weighted by Gasteiger charge is -2.44. The number of pyridine rings is 2. The summed E-state index contributed by atoms with van der Waals surface area (Å²) in [6, 6.07) is 15.3. The molecule has 2 saturated heterocycles. The largest absolute Gasteiger partial charge is 0.497 e. The number of piperidine rings is 1. The molecule has 4 heterocycles. The predicted molar refractivity (Wildman–Crippen MR) is 144 cm³/mol. The number of hydrogen-bond acceptors (Lipinski definition) is 6. The van der Waals surface area contributed by atoms with Crippen molar-refractivity contribution >= 4 is 33.2 Å². The number of rotatable bonds is 4. The van der Waals surface area contributed by atoms with Crippen LogP contribution in [0, 0.1) is 0 Å². The molecule has 2 aromatic heterocycles. The number of aromatic nitrogens is 2. The van der Waals surface area contributed by atoms with Gasteiger partial charge in [0.2, 0.25) is 0 Å². The van der Waals surface area contributed by atoms with Crippen molar-refractivity contribution in [2.75, 3.05) is 56.2 Å². The Hall–Kier alpha value is -3.59. The van der Waals surface area contributed by atoms with E-state index in [-0.39, 0.29) is 0 Å². The van der Waals surface area contributed by atoms with Gasteiger partial charge in [-0.15, -0.1) is 0 Å². The van der Waals surface area contributed by atoms with Gasteiger partial charge in [-0.2, -0.15) is 13.2 Å². The lowest BCUT2D eigenvalue weighted by Crippen LogP contribution is -2.53. The molecule has 2 fully saturated rings. The van der Waals surface area contributed by atoms with Crippen LogP contribution in [-0.2, 0) is 6.18 Å². The minimum atomic E-state index is -4.39. The van der Waals surface area contributed by atoms with Crippen LogP contribution in [0.1, 0.15) is 18.4 Å². The van der Waals surface area contributed by atoms with Gasteiger partial charge in [0.25, 0.3) is 0 Å². The molecule has 0 amide bonds. The van der Waals surface area contributed by atoms with Crippen LogP contribution in [0.5, 0.6) is 5.75 Å². The van der Waals surface area contributed by atoms with E-state index in [2.05, 4.69) is 36.8 Å². The highest BCUT2D eigenvalue weighted by Crippen LogP contribution is 2.35. The summed E-state index contributed by atoms with van der Waals surface area (Å²) in [5.41, 5.74) is 2.95. The fourth-order valence-electron chi connectivity index (χ4n) is 5.86. The summed E-state index contributed by atoms with van der Waals surface area (Å²) in [4.78, 5) is 16.1. The first-order chi connectivity index (χ1) is 18.4. The molecule has 6 rings (SSSR count). The van der Waals surface area contributed by atoms with Crippen molar-refractivity contribution in [1.82, 2.24) is 14.9 Å². The van der Waals surface area contributed by atoms with E-state index in [1.165, 1.54) is 6.07 Å². The monoisotopic (exact) mass is 521 g/mol. The highest BCUT2D eigenvalue weighted by molar-refractivity contribution is 5.92. The molecule has 2 aliphatic heterocycles. The van der Waals surface area contributed by atoms with Gasteiger partial charge in [-0.3, -0.25) is 14.9 Å². The predicted octanol–water partition coefficient (Wildman–Crippen LogP) is 5.60. The fraction of sp³-hybridized carbons (Fsp3) is 0.379. The summed E-state index contributed by atoms with van der Waals surface area (Å²) < 4.78 is 45.0. The smallest absolute Gasteiger partial charge is 0.417 e. The molecule has 0 saturated carbocycles. The van der Waals surface area contributed by atoms with E-state index in [4.69, 9.17) is 4.74 Å². The van der Waals surface area contributed by atoms with Gasteiger partial charge in [-0.1, -0.05) is 18.2 Å². The Kier molecular flexibility index (Phi) is 6.47. The van der Waals surface area contributed by atoms with Crippen LogP contribution in [0.15, 0.2) is 60.9 Å². The average Bonchev–Trinajstić information content (AvgIpc) is 2.95. The van der Waals surface area contributed by atoms with Crippen LogP contribution in [-0.4, -0.2) is 67.3 Å². The van der Waals surface area contributed by atoms with Crippen molar-refractivity contribution in [1.29, 1.82) is 0 Å². The van der Waals surface area contributed by atoms with Gasteiger partial charge in [0.05, 0.1) is 35.1 Å². The van der Waals surface area contributed by atoms with Gasteiger partial charge in [-0.25, -0.2) is 0 Å². The summed E-state index contributed by atoms with van der Waals surface area (Å²) in [6.45, 7) is 5.52. The topological polar surface area (TPSA) is 44.7 Å². The molecular formula is C29H30F3N5O. The molecule has 0 spiro atoms. The maximum absolute atomic E-state index is 13.1. The Labute approximate surface area is 219 Å². The van der Waals surface area contributed by atoms with Crippen molar-refractivity contribution < 1.29 is 17.9 Å². The summed E-state index contributed by atoms with van der Waals surface area (Å²) in [5, 5.41) is 1.60. The number of alkyl halides is 3. The molecule has 38 heavy (non-hydrogen) atoms. The van der Waals surface area contributed by atoms with Crippen LogP contribution < -0.4 is 14.5 Å². The van der Waals surface area contributed by atoms with E-state index in [1.807, 2.05) is 30.5 Å². The van der Waals surface area contributed by atoms with Gasteiger partial charge >= 0.3 is 6.18 Å². The van der Waals surface area contributed by atoms with Crippen molar-refractivity contribution in [3.8, 4) is 5.75 Å². The Morgan fingerprint density at radius 2 is 1.47 bits per heavy atom. The van der Waals surface area contributed by atoms with Crippen molar-refractivity contribution in [3.63, 3.8) is 0 Å². The van der Waals surface area contributed by atoms with Crippen LogP contribution in [0.2, 0.25) is 0 Å². The molecule has 198 valence electrons. The summed E-state index contributed by atoms with van der Waals surface area (Å²) in [5.74, 6) is 0.841. The maximum Gasteiger partial charge on any atom is 0.417 e. The summed E-state index contributed by atoms with van der Waals surface area (Å²) in [7, 11) is 1.69. The molecule has 2 aliphatic rings. The minimum Gasteiger partial charge on any atom is -0.497 e. The second-order valence-electron chi connectivity index (χ2n) is 10.0. The number of anilines is 2. The van der Waals surface area contributed by atoms with Crippen LogP contribution in [0.3, 0.4) is 0 Å². The zero-order chi connectivity index (χ0) is 26.3. The molecule has 0 aliphatic carbocycles. The normalized spacial score (nSPS) is 17.9. The highest BCUT2D eigenvalue weighted by atomic mass is 19.4. The number of halogens is 3. The summed E-state index contributed by atoms with van der Waals surface area (Å²) in [6.07, 6.45) is 0.416. The van der Waals surface area contributed by atoms with E-state index in [9.17, 15) is 13.2 Å². The molecule has 2 aromatic carbocycles. The number of ether oxygens (including phenoxy) is 1. The number of hydrogen-bond donors (Lipinski definition) is 0. The third-order valence-electron chi connectivity index (χ3n) is 7.89. The summed E-state index contributed by atoms with van der Waals surface area (Å²) >= 11 is 0. The molecule has 9 heteroatoms. The van der Waals surface area contributed by atoms with Crippen LogP contribution >= 0.6 is 0 Å². The quantitative estimate of drug-likeness (QED) is 0.348. The Morgan fingerprint density at radius 1 is 0.789 bits per heavy atom. The number of para-hydroxylation sites is 1. The zero-order valence-corrected chi connectivity index (χ0v) is 21.3. The standard InChI is InChI=1S/C29H30F3N5O/c1-38-24-17-21-5-3-9-33-28(21)26(18-24)37-14-12-35(13-15-37)23-7-10-36(11-8-23)25-6-2-4-20-16-22(29(30,31)32)19-34-27(20)25/h2-6,9,16-19,23H,7-8,10-15H2,1H3. The highest BCUT2D eigenvalue weighted by Gasteiger charge is 2.32. The van der Waals surface area contributed by atoms with E-state index in [0.717, 1.165) is 86.3 Å². The molecule has 0 N–H and O–H groups in total. The van der Waals surface area contributed by atoms with E-state index in [1.54, 1.807) is 13.2 Å². The Balaban J connectivity index is 1.11. The van der Waals surface area contributed by atoms with E-state index < -0.39 is 11.7 Å². The third kappa shape index (κ3) is 4.71. The SMILES string of the molecule is COc1cc(N2CCN(C3CCN(c4cccc5cc(C(F)(F)F)cnc45)CC3)CC2)c2ncccc2c1. The second kappa shape index (κ2) is 9.94. The molecule has 4 aromatic rings. The lowest BCUT2D eigenvalue weighted by molar-refractivity contribution is -0.137. The minimum absolute atomic E-state index is 0.494.